The van der Waals surface area contributed by atoms with Gasteiger partial charge in [0.1, 0.15) is 4.32 Å². The molecule has 0 spiro atoms. The zero-order chi connectivity index (χ0) is 16.8. The normalized spacial score (nSPS) is 16.9. The Bertz CT molecular complexity index is 597. The van der Waals surface area contributed by atoms with Gasteiger partial charge in [0.2, 0.25) is 0 Å². The van der Waals surface area contributed by atoms with Crippen molar-refractivity contribution in [2.24, 2.45) is 0 Å². The van der Waals surface area contributed by atoms with E-state index in [9.17, 15) is 4.79 Å². The summed E-state index contributed by atoms with van der Waals surface area (Å²) in [6.45, 7) is 8.38. The number of thiocarbonyl (C=S) groups is 1. The predicted octanol–water partition coefficient (Wildman–Crippen LogP) is 2.86. The van der Waals surface area contributed by atoms with Gasteiger partial charge in [-0.15, -0.1) is 0 Å². The van der Waals surface area contributed by atoms with Gasteiger partial charge >= 0.3 is 0 Å². The average Bonchev–Trinajstić information content (AvgIpc) is 2.81. The number of amides is 1. The summed E-state index contributed by atoms with van der Waals surface area (Å²) >= 11 is 12.6. The molecule has 6 heteroatoms. The van der Waals surface area contributed by atoms with Crippen molar-refractivity contribution in [3.63, 3.8) is 0 Å². The van der Waals surface area contributed by atoms with Gasteiger partial charge in [0.15, 0.2) is 0 Å². The van der Waals surface area contributed by atoms with Gasteiger partial charge in [0.05, 0.1) is 24.5 Å². The Morgan fingerprint density at radius 3 is 2.52 bits per heavy atom. The maximum absolute atomic E-state index is 12.5. The van der Waals surface area contributed by atoms with Crippen molar-refractivity contribution in [2.45, 2.75) is 20.3 Å². The molecule has 0 unspecified atom stereocenters. The molecule has 0 aliphatic carbocycles. The third-order valence-corrected chi connectivity index (χ3v) is 5.58. The Kier molecular flexibility index (Phi) is 7.09. The molecule has 0 saturated carbocycles. The number of rotatable bonds is 7. The highest BCUT2D eigenvalue weighted by Crippen LogP contribution is 2.32. The molecule has 0 atom stereocenters. The van der Waals surface area contributed by atoms with Gasteiger partial charge in [-0.05, 0) is 37.6 Å². The van der Waals surface area contributed by atoms with E-state index in [4.69, 9.17) is 23.8 Å². The highest BCUT2D eigenvalue weighted by atomic mass is 35.5. The molecule has 1 aliphatic rings. The van der Waals surface area contributed by atoms with Gasteiger partial charge in [0, 0.05) is 18.0 Å². The zero-order valence-corrected chi connectivity index (χ0v) is 15.9. The Morgan fingerprint density at radius 1 is 1.26 bits per heavy atom. The lowest BCUT2D eigenvalue weighted by Crippen LogP contribution is -3.11. The van der Waals surface area contributed by atoms with Crippen molar-refractivity contribution in [1.82, 2.24) is 4.90 Å². The van der Waals surface area contributed by atoms with E-state index in [1.54, 1.807) is 9.80 Å². The zero-order valence-electron chi connectivity index (χ0n) is 13.5. The highest BCUT2D eigenvalue weighted by Gasteiger charge is 2.31. The number of thioether (sulfide) groups is 1. The molecule has 1 saturated heterocycles. The van der Waals surface area contributed by atoms with Crippen LogP contribution in [0.4, 0.5) is 0 Å². The molecule has 2 rings (SSSR count). The van der Waals surface area contributed by atoms with Gasteiger partial charge in [-0.2, -0.15) is 0 Å². The predicted molar refractivity (Wildman–Crippen MR) is 103 cm³/mol. The second kappa shape index (κ2) is 8.83. The molecule has 0 radical (unpaired) electrons. The quantitative estimate of drug-likeness (QED) is 0.591. The van der Waals surface area contributed by atoms with Crippen LogP contribution in [0.2, 0.25) is 5.02 Å². The van der Waals surface area contributed by atoms with Crippen LogP contribution in [0.3, 0.4) is 0 Å². The van der Waals surface area contributed by atoms with Crippen LogP contribution in [0.1, 0.15) is 25.8 Å². The summed E-state index contributed by atoms with van der Waals surface area (Å²) in [5, 5.41) is 0.689. The van der Waals surface area contributed by atoms with Crippen LogP contribution in [0.25, 0.3) is 6.08 Å². The van der Waals surface area contributed by atoms with Crippen LogP contribution < -0.4 is 4.90 Å². The van der Waals surface area contributed by atoms with E-state index in [1.165, 1.54) is 11.8 Å². The summed E-state index contributed by atoms with van der Waals surface area (Å²) in [4.78, 5) is 16.5. The minimum absolute atomic E-state index is 0.0181. The molecule has 23 heavy (non-hydrogen) atoms. The number of carbonyl (C=O) groups is 1. The number of hydrogen-bond acceptors (Lipinski definition) is 3. The lowest BCUT2D eigenvalue weighted by Gasteiger charge is -2.18. The highest BCUT2D eigenvalue weighted by molar-refractivity contribution is 8.26. The molecule has 1 heterocycles. The molecule has 0 bridgehead atoms. The number of benzene rings is 1. The first-order valence-corrected chi connectivity index (χ1v) is 9.50. The van der Waals surface area contributed by atoms with E-state index in [1.807, 2.05) is 30.3 Å². The van der Waals surface area contributed by atoms with E-state index < -0.39 is 0 Å². The molecule has 3 nitrogen and oxygen atoms in total. The fourth-order valence-corrected chi connectivity index (χ4v) is 3.93. The molecule has 124 valence electrons. The number of carbonyl (C=O) groups excluding carboxylic acids is 1. The molecule has 1 aliphatic heterocycles. The number of hydrogen-bond donors (Lipinski definition) is 1. The van der Waals surface area contributed by atoms with Gasteiger partial charge < -0.3 is 4.90 Å². The fraction of sp³-hybridized carbons (Fsp3) is 0.412. The van der Waals surface area contributed by atoms with Crippen molar-refractivity contribution in [1.29, 1.82) is 0 Å². The Balaban J connectivity index is 1.98. The average molecular weight is 370 g/mol. The number of halogens is 1. The summed E-state index contributed by atoms with van der Waals surface area (Å²) in [5.74, 6) is 0.0181. The molecule has 1 N–H and O–H groups in total. The van der Waals surface area contributed by atoms with Gasteiger partial charge in [-0.3, -0.25) is 9.69 Å². The van der Waals surface area contributed by atoms with Crippen LogP contribution in [0, 0.1) is 0 Å². The molecular formula is C17H22ClN2OS2+. The summed E-state index contributed by atoms with van der Waals surface area (Å²) in [7, 11) is 0. The first-order valence-electron chi connectivity index (χ1n) is 7.89. The van der Waals surface area contributed by atoms with Crippen LogP contribution in [-0.2, 0) is 4.79 Å². The minimum Gasteiger partial charge on any atom is -0.335 e. The maximum atomic E-state index is 12.5. The van der Waals surface area contributed by atoms with Crippen molar-refractivity contribution in [3.8, 4) is 0 Å². The smallest absolute Gasteiger partial charge is 0.266 e. The number of quaternary nitrogens is 1. The molecule has 1 aromatic carbocycles. The lowest BCUT2D eigenvalue weighted by molar-refractivity contribution is -0.896. The second-order valence-electron chi connectivity index (χ2n) is 5.45. The maximum Gasteiger partial charge on any atom is 0.266 e. The first-order chi connectivity index (χ1) is 11.0. The van der Waals surface area contributed by atoms with Crippen LogP contribution in [0.5, 0.6) is 0 Å². The summed E-state index contributed by atoms with van der Waals surface area (Å²) in [6, 6.07) is 7.44. The molecular weight excluding hydrogens is 348 g/mol. The topological polar surface area (TPSA) is 24.8 Å². The second-order valence-corrected chi connectivity index (χ2v) is 7.56. The fourth-order valence-electron chi connectivity index (χ4n) is 2.49. The molecule has 0 aromatic heterocycles. The van der Waals surface area contributed by atoms with Gasteiger partial charge in [-0.1, -0.05) is 47.7 Å². The van der Waals surface area contributed by atoms with E-state index >= 15 is 0 Å². The SMILES string of the molecule is CC[NH+](CC)CCCN1C(=O)/C(=C/c2ccc(Cl)cc2)SC1=S. The number of nitrogens with one attached hydrogen (secondary N) is 1. The van der Waals surface area contributed by atoms with Crippen LogP contribution >= 0.6 is 35.6 Å². The van der Waals surface area contributed by atoms with Crippen molar-refractivity contribution in [3.05, 3.63) is 39.8 Å². The summed E-state index contributed by atoms with van der Waals surface area (Å²) in [6.07, 6.45) is 2.85. The Morgan fingerprint density at radius 2 is 1.91 bits per heavy atom. The van der Waals surface area contributed by atoms with Crippen LogP contribution in [0.15, 0.2) is 29.2 Å². The minimum atomic E-state index is 0.0181. The molecule has 1 aromatic rings. The molecule has 1 fully saturated rings. The Hall–Kier alpha value is -0.880. The molecule has 1 amide bonds. The van der Waals surface area contributed by atoms with Gasteiger partial charge in [0.25, 0.3) is 5.91 Å². The largest absolute Gasteiger partial charge is 0.335 e. The van der Waals surface area contributed by atoms with E-state index in [0.29, 0.717) is 20.8 Å². The third-order valence-electron chi connectivity index (χ3n) is 3.95. The lowest BCUT2D eigenvalue weighted by atomic mass is 10.2. The van der Waals surface area contributed by atoms with E-state index in [0.717, 1.165) is 31.6 Å². The van der Waals surface area contributed by atoms with E-state index in [-0.39, 0.29) is 5.91 Å². The summed E-state index contributed by atoms with van der Waals surface area (Å²) in [5.41, 5.74) is 0.961. The van der Waals surface area contributed by atoms with Gasteiger partial charge in [-0.25, -0.2) is 0 Å². The van der Waals surface area contributed by atoms with Crippen molar-refractivity contribution < 1.29 is 9.69 Å². The van der Waals surface area contributed by atoms with Crippen molar-refractivity contribution in [2.75, 3.05) is 26.2 Å². The monoisotopic (exact) mass is 369 g/mol. The first kappa shape index (κ1) is 18.5. The van der Waals surface area contributed by atoms with Crippen LogP contribution in [-0.4, -0.2) is 41.3 Å². The van der Waals surface area contributed by atoms with Crippen molar-refractivity contribution >= 4 is 51.9 Å². The third kappa shape index (κ3) is 5.05. The Labute approximate surface area is 152 Å². The number of nitrogens with zero attached hydrogens (tertiary/aromatic N) is 1. The summed E-state index contributed by atoms with van der Waals surface area (Å²) < 4.78 is 0.657. The van der Waals surface area contributed by atoms with E-state index in [2.05, 4.69) is 13.8 Å². The standard InChI is InChI=1S/C17H21ClN2OS2/c1-3-19(4-2)10-5-11-20-16(21)15(23-17(20)22)12-13-6-8-14(18)9-7-13/h6-9,12H,3-5,10-11H2,1-2H3/p+1/b15-12-.